The van der Waals surface area contributed by atoms with Crippen molar-refractivity contribution in [1.82, 2.24) is 9.78 Å². The van der Waals surface area contributed by atoms with Gasteiger partial charge in [0.25, 0.3) is 0 Å². The highest BCUT2D eigenvalue weighted by Crippen LogP contribution is 2.35. The van der Waals surface area contributed by atoms with Crippen LogP contribution in [0.25, 0.3) is 33.3 Å². The summed E-state index contributed by atoms with van der Waals surface area (Å²) in [6, 6.07) is 28.1. The fourth-order valence-electron chi connectivity index (χ4n) is 3.38. The SMILES string of the molecule is c1ccc(OCCn2nc(-c3ccccc3)c3oc4ccccc4c32)cc1. The van der Waals surface area contributed by atoms with E-state index in [4.69, 9.17) is 14.3 Å². The van der Waals surface area contributed by atoms with E-state index in [1.165, 1.54) is 0 Å². The highest BCUT2D eigenvalue weighted by Gasteiger charge is 2.19. The molecule has 0 N–H and O–H groups in total. The zero-order chi connectivity index (χ0) is 18.1. The summed E-state index contributed by atoms with van der Waals surface area (Å²) in [5.41, 5.74) is 4.62. The third-order valence-electron chi connectivity index (χ3n) is 4.63. The Morgan fingerprint density at radius 3 is 2.33 bits per heavy atom. The standard InChI is InChI=1S/C23H18N2O2/c1-3-9-17(10-4-1)21-23-22(19-13-7-8-14-20(19)27-23)25(24-21)15-16-26-18-11-5-2-6-12-18/h1-14H,15-16H2. The number of benzene rings is 3. The Kier molecular flexibility index (Phi) is 3.87. The molecule has 0 unspecified atom stereocenters. The third-order valence-corrected chi connectivity index (χ3v) is 4.63. The minimum absolute atomic E-state index is 0.536. The van der Waals surface area contributed by atoms with Crippen molar-refractivity contribution < 1.29 is 9.15 Å². The lowest BCUT2D eigenvalue weighted by Gasteiger charge is -2.06. The van der Waals surface area contributed by atoms with Crippen LogP contribution in [0.5, 0.6) is 5.75 Å². The Morgan fingerprint density at radius 2 is 1.52 bits per heavy atom. The molecule has 5 aromatic rings. The van der Waals surface area contributed by atoms with Crippen LogP contribution < -0.4 is 4.74 Å². The Labute approximate surface area is 156 Å². The second-order valence-electron chi connectivity index (χ2n) is 6.38. The third kappa shape index (κ3) is 2.85. The smallest absolute Gasteiger partial charge is 0.181 e. The van der Waals surface area contributed by atoms with E-state index < -0.39 is 0 Å². The van der Waals surface area contributed by atoms with Crippen molar-refractivity contribution in [2.45, 2.75) is 6.54 Å². The maximum Gasteiger partial charge on any atom is 0.181 e. The van der Waals surface area contributed by atoms with Gasteiger partial charge in [-0.05, 0) is 24.3 Å². The molecule has 0 aliphatic heterocycles. The van der Waals surface area contributed by atoms with Crippen LogP contribution in [0.2, 0.25) is 0 Å². The second-order valence-corrected chi connectivity index (χ2v) is 6.38. The molecule has 0 bridgehead atoms. The van der Waals surface area contributed by atoms with E-state index in [-0.39, 0.29) is 0 Å². The van der Waals surface area contributed by atoms with Crippen LogP contribution in [0.15, 0.2) is 89.3 Å². The van der Waals surface area contributed by atoms with Gasteiger partial charge in [0.2, 0.25) is 0 Å². The van der Waals surface area contributed by atoms with Crippen molar-refractivity contribution in [1.29, 1.82) is 0 Å². The molecular formula is C23H18N2O2. The van der Waals surface area contributed by atoms with Gasteiger partial charge < -0.3 is 9.15 Å². The van der Waals surface area contributed by atoms with E-state index in [9.17, 15) is 0 Å². The van der Waals surface area contributed by atoms with Crippen LogP contribution >= 0.6 is 0 Å². The molecule has 0 amide bonds. The first-order valence-corrected chi connectivity index (χ1v) is 9.01. The fraction of sp³-hybridized carbons (Fsp3) is 0.0870. The lowest BCUT2D eigenvalue weighted by atomic mass is 10.1. The zero-order valence-electron chi connectivity index (χ0n) is 14.7. The van der Waals surface area contributed by atoms with E-state index in [1.54, 1.807) is 0 Å². The Morgan fingerprint density at radius 1 is 0.815 bits per heavy atom. The molecule has 4 nitrogen and oxygen atoms in total. The van der Waals surface area contributed by atoms with Crippen molar-refractivity contribution in [3.63, 3.8) is 0 Å². The molecule has 27 heavy (non-hydrogen) atoms. The molecule has 132 valence electrons. The van der Waals surface area contributed by atoms with Crippen LogP contribution in [-0.4, -0.2) is 16.4 Å². The van der Waals surface area contributed by atoms with E-state index in [2.05, 4.69) is 18.2 Å². The summed E-state index contributed by atoms with van der Waals surface area (Å²) in [6.07, 6.45) is 0. The summed E-state index contributed by atoms with van der Waals surface area (Å²) >= 11 is 0. The highest BCUT2D eigenvalue weighted by molar-refractivity contribution is 6.07. The molecule has 5 rings (SSSR count). The lowest BCUT2D eigenvalue weighted by molar-refractivity contribution is 0.294. The van der Waals surface area contributed by atoms with Gasteiger partial charge in [0.1, 0.15) is 29.2 Å². The maximum atomic E-state index is 6.16. The van der Waals surface area contributed by atoms with E-state index >= 15 is 0 Å². The molecular weight excluding hydrogens is 336 g/mol. The van der Waals surface area contributed by atoms with Crippen molar-refractivity contribution in [3.05, 3.63) is 84.9 Å². The normalized spacial score (nSPS) is 11.3. The van der Waals surface area contributed by atoms with E-state index in [0.29, 0.717) is 13.2 Å². The number of aromatic nitrogens is 2. The molecule has 0 saturated heterocycles. The monoisotopic (exact) mass is 354 g/mol. The average Bonchev–Trinajstić information content (AvgIpc) is 3.27. The first kappa shape index (κ1) is 15.7. The molecule has 0 spiro atoms. The van der Waals surface area contributed by atoms with Gasteiger partial charge in [-0.3, -0.25) is 4.68 Å². The van der Waals surface area contributed by atoms with Gasteiger partial charge in [0.15, 0.2) is 5.58 Å². The van der Waals surface area contributed by atoms with Gasteiger partial charge in [0.05, 0.1) is 6.54 Å². The molecule has 4 heteroatoms. The molecule has 0 aliphatic carbocycles. The van der Waals surface area contributed by atoms with Gasteiger partial charge in [-0.2, -0.15) is 5.10 Å². The summed E-state index contributed by atoms with van der Waals surface area (Å²) in [7, 11) is 0. The first-order chi connectivity index (χ1) is 13.4. The topological polar surface area (TPSA) is 40.2 Å². The molecule has 2 heterocycles. The maximum absolute atomic E-state index is 6.16. The Balaban J connectivity index is 1.56. The van der Waals surface area contributed by atoms with Crippen molar-refractivity contribution >= 4 is 22.1 Å². The predicted octanol–water partition coefficient (Wildman–Crippen LogP) is 5.53. The number of fused-ring (bicyclic) bond motifs is 3. The molecule has 0 aliphatic rings. The summed E-state index contributed by atoms with van der Waals surface area (Å²) in [5.74, 6) is 0.862. The van der Waals surface area contributed by atoms with Crippen LogP contribution in [0, 0.1) is 0 Å². The van der Waals surface area contributed by atoms with Gasteiger partial charge in [-0.15, -0.1) is 0 Å². The number of furan rings is 1. The number of hydrogen-bond donors (Lipinski definition) is 0. The van der Waals surface area contributed by atoms with Crippen LogP contribution in [0.3, 0.4) is 0 Å². The molecule has 0 fully saturated rings. The van der Waals surface area contributed by atoms with Gasteiger partial charge >= 0.3 is 0 Å². The van der Waals surface area contributed by atoms with Crippen LogP contribution in [0.4, 0.5) is 0 Å². The molecule has 2 aromatic heterocycles. The number of hydrogen-bond acceptors (Lipinski definition) is 3. The van der Waals surface area contributed by atoms with Crippen LogP contribution in [-0.2, 0) is 6.54 Å². The molecule has 0 saturated carbocycles. The average molecular weight is 354 g/mol. The Hall–Kier alpha value is -3.53. The number of nitrogens with zero attached hydrogens (tertiary/aromatic N) is 2. The Bertz CT molecular complexity index is 1190. The highest BCUT2D eigenvalue weighted by atomic mass is 16.5. The zero-order valence-corrected chi connectivity index (χ0v) is 14.7. The predicted molar refractivity (Wildman–Crippen MR) is 107 cm³/mol. The summed E-state index contributed by atoms with van der Waals surface area (Å²) in [4.78, 5) is 0. The van der Waals surface area contributed by atoms with Crippen molar-refractivity contribution in [3.8, 4) is 17.0 Å². The number of para-hydroxylation sites is 2. The van der Waals surface area contributed by atoms with E-state index in [1.807, 2.05) is 71.4 Å². The molecule has 0 radical (unpaired) electrons. The lowest BCUT2D eigenvalue weighted by Crippen LogP contribution is -2.09. The minimum atomic E-state index is 0.536. The number of rotatable bonds is 5. The van der Waals surface area contributed by atoms with Gasteiger partial charge in [-0.1, -0.05) is 60.7 Å². The fourth-order valence-corrected chi connectivity index (χ4v) is 3.38. The largest absolute Gasteiger partial charge is 0.492 e. The van der Waals surface area contributed by atoms with Crippen LogP contribution in [0.1, 0.15) is 0 Å². The minimum Gasteiger partial charge on any atom is -0.492 e. The second kappa shape index (κ2) is 6.65. The summed E-state index contributed by atoms with van der Waals surface area (Å²) < 4.78 is 14.0. The van der Waals surface area contributed by atoms with Gasteiger partial charge in [-0.25, -0.2) is 0 Å². The quantitative estimate of drug-likeness (QED) is 0.417. The molecule has 3 aromatic carbocycles. The summed E-state index contributed by atoms with van der Waals surface area (Å²) in [6.45, 7) is 1.18. The van der Waals surface area contributed by atoms with Crippen molar-refractivity contribution in [2.75, 3.05) is 6.61 Å². The number of ether oxygens (including phenoxy) is 1. The summed E-state index contributed by atoms with van der Waals surface area (Å²) in [5, 5.41) is 5.91. The van der Waals surface area contributed by atoms with Gasteiger partial charge in [0, 0.05) is 10.9 Å². The van der Waals surface area contributed by atoms with E-state index in [0.717, 1.165) is 39.1 Å². The molecule has 0 atom stereocenters. The van der Waals surface area contributed by atoms with Crippen molar-refractivity contribution in [2.24, 2.45) is 0 Å². The first-order valence-electron chi connectivity index (χ1n) is 9.01.